The van der Waals surface area contributed by atoms with Gasteiger partial charge in [-0.1, -0.05) is 49.6 Å². The van der Waals surface area contributed by atoms with Crippen molar-refractivity contribution in [3.63, 3.8) is 0 Å². The Kier molecular flexibility index (Phi) is 7.47. The van der Waals surface area contributed by atoms with Gasteiger partial charge in [-0.15, -0.1) is 0 Å². The van der Waals surface area contributed by atoms with E-state index in [1.54, 1.807) is 53.4 Å². The van der Waals surface area contributed by atoms with Crippen molar-refractivity contribution in [2.75, 3.05) is 12.0 Å². The molecular weight excluding hydrogens is 493 g/mol. The van der Waals surface area contributed by atoms with E-state index < -0.39 is 18.3 Å². The van der Waals surface area contributed by atoms with Gasteiger partial charge in [0.25, 0.3) is 0 Å². The van der Waals surface area contributed by atoms with Crippen LogP contribution in [0.4, 0.5) is 10.1 Å². The minimum atomic E-state index is -1.29. The van der Waals surface area contributed by atoms with Gasteiger partial charge in [-0.25, -0.2) is 9.18 Å². The lowest BCUT2D eigenvalue weighted by atomic mass is 9.88. The van der Waals surface area contributed by atoms with Crippen molar-refractivity contribution in [2.45, 2.75) is 38.6 Å². The van der Waals surface area contributed by atoms with Crippen LogP contribution < -0.4 is 4.90 Å². The summed E-state index contributed by atoms with van der Waals surface area (Å²) >= 11 is 0. The number of anilines is 1. The molecule has 39 heavy (non-hydrogen) atoms. The number of methoxy groups -OCH3 is 1. The molecule has 0 spiro atoms. The number of aryl methyl sites for hydroxylation is 1. The van der Waals surface area contributed by atoms with E-state index in [4.69, 9.17) is 1.37 Å². The average Bonchev–Trinajstić information content (AvgIpc) is 3.36. The number of fused-ring (bicyclic) bond motifs is 1. The molecule has 1 atom stereocenters. The van der Waals surface area contributed by atoms with Gasteiger partial charge in [0.15, 0.2) is 0 Å². The molecule has 3 aromatic carbocycles. The number of esters is 1. The molecule has 0 bridgehead atoms. The van der Waals surface area contributed by atoms with E-state index >= 15 is 4.39 Å². The lowest BCUT2D eigenvalue weighted by molar-refractivity contribution is -0.134. The molecule has 4 aromatic rings. The second-order valence-electron chi connectivity index (χ2n) is 9.90. The van der Waals surface area contributed by atoms with Gasteiger partial charge in [-0.2, -0.15) is 5.10 Å². The molecular formula is C32H32FN3O3. The van der Waals surface area contributed by atoms with Crippen LogP contribution in [0.2, 0.25) is 0 Å². The van der Waals surface area contributed by atoms with Gasteiger partial charge in [-0.3, -0.25) is 9.48 Å². The highest BCUT2D eigenvalue weighted by molar-refractivity contribution is 5.95. The van der Waals surface area contributed by atoms with Crippen LogP contribution >= 0.6 is 0 Å². The van der Waals surface area contributed by atoms with Gasteiger partial charge in [0.1, 0.15) is 5.82 Å². The summed E-state index contributed by atoms with van der Waals surface area (Å²) < 4.78 is 31.2. The summed E-state index contributed by atoms with van der Waals surface area (Å²) in [4.78, 5) is 26.8. The van der Waals surface area contributed by atoms with Crippen LogP contribution in [0, 0.1) is 11.7 Å². The number of hydrogen-bond donors (Lipinski definition) is 0. The number of hydrogen-bond acceptors (Lipinski definition) is 4. The number of ether oxygens (including phenoxy) is 1. The van der Waals surface area contributed by atoms with Crippen LogP contribution in [-0.4, -0.2) is 28.8 Å². The Bertz CT molecular complexity index is 1570. The number of amides is 1. The zero-order valence-corrected chi connectivity index (χ0v) is 22.1. The Morgan fingerprint density at radius 2 is 1.87 bits per heavy atom. The first-order valence-corrected chi connectivity index (χ1v) is 13.2. The number of halogens is 1. The quantitative estimate of drug-likeness (QED) is 0.199. The smallest absolute Gasteiger partial charge is 0.330 e. The van der Waals surface area contributed by atoms with Crippen LogP contribution in [0.5, 0.6) is 0 Å². The minimum absolute atomic E-state index is 0.117. The molecule has 0 aliphatic heterocycles. The number of aromatic nitrogens is 2. The molecule has 1 heterocycles. The number of carbonyl (C=O) groups excluding carboxylic acids is 2. The van der Waals surface area contributed by atoms with Crippen molar-refractivity contribution in [3.8, 4) is 11.1 Å². The van der Waals surface area contributed by atoms with E-state index in [-0.39, 0.29) is 17.4 Å². The molecule has 200 valence electrons. The minimum Gasteiger partial charge on any atom is -0.466 e. The van der Waals surface area contributed by atoms with Crippen molar-refractivity contribution >= 4 is 34.5 Å². The fourth-order valence-corrected chi connectivity index (χ4v) is 5.12. The summed E-state index contributed by atoms with van der Waals surface area (Å²) in [5, 5.41) is 5.22. The lowest BCUT2D eigenvalue weighted by Gasteiger charge is -2.30. The Balaban J connectivity index is 1.49. The van der Waals surface area contributed by atoms with E-state index in [1.807, 2.05) is 25.2 Å². The fourth-order valence-electron chi connectivity index (χ4n) is 5.12. The molecule has 1 amide bonds. The topological polar surface area (TPSA) is 64.4 Å². The maximum absolute atomic E-state index is 15.7. The molecule has 1 aliphatic carbocycles. The third-order valence-corrected chi connectivity index (χ3v) is 7.30. The standard InChI is InChI=1S/C32H32FN3O3/c1-35-30-15-14-24(18-27(30)20-34-35)25-12-13-26(29(33)19-25)21-36(32(38)23-8-4-3-5-9-23)28-10-6-7-22(17-28)11-16-31(37)39-2/h6-7,10-20,23H,3-5,8-9,21H2,1-2H3/b16-11+/i21D/t21-/m1/s1. The molecule has 1 fully saturated rings. The van der Waals surface area contributed by atoms with Gasteiger partial charge >= 0.3 is 5.97 Å². The van der Waals surface area contributed by atoms with Crippen molar-refractivity contribution in [2.24, 2.45) is 13.0 Å². The third-order valence-electron chi connectivity index (χ3n) is 7.30. The molecule has 1 saturated carbocycles. The Labute approximate surface area is 229 Å². The predicted octanol–water partition coefficient (Wildman–Crippen LogP) is 6.68. The predicted molar refractivity (Wildman–Crippen MR) is 151 cm³/mol. The van der Waals surface area contributed by atoms with Crippen molar-refractivity contribution in [3.05, 3.63) is 89.9 Å². The van der Waals surface area contributed by atoms with Crippen LogP contribution in [0.3, 0.4) is 0 Å². The highest BCUT2D eigenvalue weighted by Crippen LogP contribution is 2.31. The van der Waals surface area contributed by atoms with Gasteiger partial charge in [0.05, 0.1) is 26.7 Å². The summed E-state index contributed by atoms with van der Waals surface area (Å²) in [5.41, 5.74) is 3.76. The molecule has 0 N–H and O–H groups in total. The zero-order chi connectivity index (χ0) is 28.2. The van der Waals surface area contributed by atoms with Crippen molar-refractivity contribution < 1.29 is 20.1 Å². The first-order valence-electron chi connectivity index (χ1n) is 13.8. The second kappa shape index (κ2) is 11.6. The van der Waals surface area contributed by atoms with E-state index in [1.165, 1.54) is 24.2 Å². The Hall–Kier alpha value is -4.26. The average molecular weight is 527 g/mol. The number of benzene rings is 3. The Morgan fingerprint density at radius 1 is 1.10 bits per heavy atom. The summed E-state index contributed by atoms with van der Waals surface area (Å²) in [5.74, 6) is -1.44. The molecule has 0 radical (unpaired) electrons. The molecule has 0 saturated heterocycles. The van der Waals surface area contributed by atoms with Crippen LogP contribution in [0.15, 0.2) is 72.9 Å². The number of rotatable bonds is 7. The van der Waals surface area contributed by atoms with E-state index in [0.717, 1.165) is 48.6 Å². The molecule has 5 rings (SSSR count). The molecule has 7 heteroatoms. The van der Waals surface area contributed by atoms with Gasteiger partial charge in [-0.05, 0) is 65.9 Å². The monoisotopic (exact) mass is 526 g/mol. The first kappa shape index (κ1) is 25.0. The van der Waals surface area contributed by atoms with Gasteiger partial charge in [0.2, 0.25) is 5.91 Å². The largest absolute Gasteiger partial charge is 0.466 e. The maximum atomic E-state index is 15.7. The number of nitrogens with zero attached hydrogens (tertiary/aromatic N) is 3. The fraction of sp³-hybridized carbons (Fsp3) is 0.281. The van der Waals surface area contributed by atoms with Crippen LogP contribution in [0.25, 0.3) is 28.1 Å². The van der Waals surface area contributed by atoms with Crippen LogP contribution in [-0.2, 0) is 27.9 Å². The van der Waals surface area contributed by atoms with E-state index in [9.17, 15) is 9.59 Å². The lowest BCUT2D eigenvalue weighted by Crippen LogP contribution is -2.37. The maximum Gasteiger partial charge on any atom is 0.330 e. The van der Waals surface area contributed by atoms with Crippen molar-refractivity contribution in [1.29, 1.82) is 0 Å². The highest BCUT2D eigenvalue weighted by Gasteiger charge is 2.28. The van der Waals surface area contributed by atoms with Crippen molar-refractivity contribution in [1.82, 2.24) is 9.78 Å². The SMILES string of the molecule is [2H][C@H](c1ccc(-c2ccc3c(cnn3C)c2)cc1F)N(C(=O)C1CCCCC1)c1cccc(/C=C/C(=O)OC)c1. The second-order valence-corrected chi connectivity index (χ2v) is 9.90. The molecule has 1 aromatic heterocycles. The molecule has 6 nitrogen and oxygen atoms in total. The van der Waals surface area contributed by atoms with E-state index in [0.29, 0.717) is 16.8 Å². The zero-order valence-electron chi connectivity index (χ0n) is 23.1. The van der Waals surface area contributed by atoms with Crippen LogP contribution in [0.1, 0.15) is 44.6 Å². The van der Waals surface area contributed by atoms with E-state index in [2.05, 4.69) is 9.84 Å². The normalized spacial score (nSPS) is 15.3. The van der Waals surface area contributed by atoms with Gasteiger partial charge in [0, 0.05) is 35.7 Å². The highest BCUT2D eigenvalue weighted by atomic mass is 19.1. The van der Waals surface area contributed by atoms with Gasteiger partial charge < -0.3 is 9.64 Å². The molecule has 1 aliphatic rings. The first-order chi connectivity index (χ1) is 19.4. The summed E-state index contributed by atoms with van der Waals surface area (Å²) in [6.45, 7) is -1.29. The Morgan fingerprint density at radius 3 is 2.64 bits per heavy atom. The third kappa shape index (κ3) is 5.93. The summed E-state index contributed by atoms with van der Waals surface area (Å²) in [7, 11) is 3.17. The summed E-state index contributed by atoms with van der Waals surface area (Å²) in [6.07, 6.45) is 9.16. The summed E-state index contributed by atoms with van der Waals surface area (Å²) in [6, 6.07) is 17.7. The molecule has 0 unspecified atom stereocenters. The number of carbonyl (C=O) groups is 2.